The normalized spacial score (nSPS) is 19.9. The molecule has 7 heteroatoms. The summed E-state index contributed by atoms with van der Waals surface area (Å²) < 4.78 is 13.0. The summed E-state index contributed by atoms with van der Waals surface area (Å²) >= 11 is 5.56. The lowest BCUT2D eigenvalue weighted by molar-refractivity contribution is -0.137. The molecule has 122 valence electrons. The average Bonchev–Trinajstić information content (AvgIpc) is 2.72. The Morgan fingerprint density at radius 2 is 2.22 bits per heavy atom. The van der Waals surface area contributed by atoms with Crippen molar-refractivity contribution in [1.29, 1.82) is 0 Å². The zero-order valence-corrected chi connectivity index (χ0v) is 14.2. The molecule has 1 N–H and O–H groups in total. The molecule has 0 radical (unpaired) electrons. The number of hydrogen-bond donors (Lipinski definition) is 2. The second kappa shape index (κ2) is 7.23. The zero-order chi connectivity index (χ0) is 17.1. The molecule has 1 amide bonds. The number of thioether (sulfide) groups is 1. The molecule has 1 aliphatic heterocycles. The molecule has 2 rings (SSSR count). The maximum atomic E-state index is 13.5. The molecule has 1 saturated heterocycles. The number of nitrogens with zero attached hydrogens (tertiary/aromatic N) is 1. The van der Waals surface area contributed by atoms with Crippen molar-refractivity contribution in [3.8, 4) is 0 Å². The van der Waals surface area contributed by atoms with Gasteiger partial charge in [0.15, 0.2) is 0 Å². The van der Waals surface area contributed by atoms with Gasteiger partial charge in [0, 0.05) is 12.1 Å². The van der Waals surface area contributed by atoms with Gasteiger partial charge in [-0.3, -0.25) is 9.59 Å². The molecule has 0 bridgehead atoms. The van der Waals surface area contributed by atoms with E-state index in [-0.39, 0.29) is 18.9 Å². The number of carbonyl (C=O) groups excluding carboxylic acids is 1. The summed E-state index contributed by atoms with van der Waals surface area (Å²) in [6, 6.07) is 5.95. The summed E-state index contributed by atoms with van der Waals surface area (Å²) in [6.07, 6.45) is -0.154. The molecule has 23 heavy (non-hydrogen) atoms. The SMILES string of the molecule is C=C(C)/C(=C1/SC(S)N(CCC(=O)O)C1=O)c1cccc(F)c1. The number of aliphatic carboxylic acids is 1. The van der Waals surface area contributed by atoms with Crippen LogP contribution in [0, 0.1) is 5.82 Å². The van der Waals surface area contributed by atoms with E-state index in [2.05, 4.69) is 19.2 Å². The predicted octanol–water partition coefficient (Wildman–Crippen LogP) is 3.38. The minimum absolute atomic E-state index is 0.0749. The summed E-state index contributed by atoms with van der Waals surface area (Å²) in [7, 11) is 0. The van der Waals surface area contributed by atoms with Crippen molar-refractivity contribution in [2.45, 2.75) is 18.1 Å². The number of benzene rings is 1. The molecule has 1 aliphatic rings. The van der Waals surface area contributed by atoms with Crippen LogP contribution in [-0.4, -0.2) is 33.1 Å². The van der Waals surface area contributed by atoms with Gasteiger partial charge in [-0.15, -0.1) is 12.6 Å². The predicted molar refractivity (Wildman–Crippen MR) is 92.5 cm³/mol. The topological polar surface area (TPSA) is 57.6 Å². The molecule has 1 fully saturated rings. The van der Waals surface area contributed by atoms with Crippen LogP contribution >= 0.6 is 24.4 Å². The molecule has 4 nitrogen and oxygen atoms in total. The minimum Gasteiger partial charge on any atom is -0.481 e. The van der Waals surface area contributed by atoms with E-state index in [9.17, 15) is 14.0 Å². The Balaban J connectivity index is 2.42. The number of amides is 1. The number of hydrogen-bond acceptors (Lipinski definition) is 4. The Labute approximate surface area is 143 Å². The number of halogens is 1. The van der Waals surface area contributed by atoms with Crippen LogP contribution in [0.5, 0.6) is 0 Å². The average molecular weight is 353 g/mol. The first kappa shape index (κ1) is 17.6. The number of carbonyl (C=O) groups is 2. The molecular weight excluding hydrogens is 337 g/mol. The Hall–Kier alpha value is -1.73. The first-order valence-electron chi connectivity index (χ1n) is 6.85. The van der Waals surface area contributed by atoms with E-state index in [1.807, 2.05) is 0 Å². The highest BCUT2D eigenvalue weighted by Crippen LogP contribution is 2.43. The molecule has 0 aliphatic carbocycles. The highest BCUT2D eigenvalue weighted by molar-refractivity contribution is 8.14. The van der Waals surface area contributed by atoms with Gasteiger partial charge in [0.25, 0.3) is 5.91 Å². The molecule has 1 aromatic carbocycles. The smallest absolute Gasteiger partial charge is 0.305 e. The number of carboxylic acids is 1. The van der Waals surface area contributed by atoms with Crippen LogP contribution in [0.1, 0.15) is 18.9 Å². The van der Waals surface area contributed by atoms with E-state index in [0.29, 0.717) is 21.6 Å². The lowest BCUT2D eigenvalue weighted by atomic mass is 9.99. The van der Waals surface area contributed by atoms with Crippen molar-refractivity contribution >= 4 is 41.8 Å². The van der Waals surface area contributed by atoms with Crippen molar-refractivity contribution in [2.24, 2.45) is 0 Å². The van der Waals surface area contributed by atoms with Crippen LogP contribution in [0.25, 0.3) is 5.57 Å². The van der Waals surface area contributed by atoms with Crippen LogP contribution in [0.4, 0.5) is 4.39 Å². The fourth-order valence-corrected chi connectivity index (χ4v) is 3.96. The maximum absolute atomic E-state index is 13.5. The van der Waals surface area contributed by atoms with E-state index >= 15 is 0 Å². The largest absolute Gasteiger partial charge is 0.481 e. The number of carboxylic acid groups (broad SMARTS) is 1. The van der Waals surface area contributed by atoms with E-state index in [0.717, 1.165) is 0 Å². The quantitative estimate of drug-likeness (QED) is 0.629. The highest BCUT2D eigenvalue weighted by atomic mass is 32.2. The van der Waals surface area contributed by atoms with Crippen LogP contribution in [-0.2, 0) is 9.59 Å². The second-order valence-corrected chi connectivity index (χ2v) is 7.01. The first-order chi connectivity index (χ1) is 10.8. The van der Waals surface area contributed by atoms with Crippen LogP contribution < -0.4 is 0 Å². The summed E-state index contributed by atoms with van der Waals surface area (Å²) in [6.45, 7) is 5.70. The van der Waals surface area contributed by atoms with E-state index in [1.54, 1.807) is 19.1 Å². The molecule has 1 atom stereocenters. The number of allylic oxidation sites excluding steroid dienone is 2. The molecular formula is C16H16FNO3S2. The van der Waals surface area contributed by atoms with Gasteiger partial charge < -0.3 is 10.0 Å². The van der Waals surface area contributed by atoms with Crippen molar-refractivity contribution in [3.05, 3.63) is 52.7 Å². The highest BCUT2D eigenvalue weighted by Gasteiger charge is 2.36. The van der Waals surface area contributed by atoms with Crippen molar-refractivity contribution in [3.63, 3.8) is 0 Å². The standard InChI is InChI=1S/C16H16FNO3S2/c1-9(2)13(10-4-3-5-11(17)8-10)14-15(21)18(16(22)23-14)7-6-12(19)20/h3-5,8,16,22H,1,6-7H2,2H3,(H,19,20)/b14-13-. The van der Waals surface area contributed by atoms with Gasteiger partial charge in [0.05, 0.1) is 11.3 Å². The van der Waals surface area contributed by atoms with Crippen molar-refractivity contribution in [1.82, 2.24) is 4.90 Å². The maximum Gasteiger partial charge on any atom is 0.305 e. The van der Waals surface area contributed by atoms with E-state index in [4.69, 9.17) is 5.11 Å². The second-order valence-electron chi connectivity index (χ2n) is 5.08. The van der Waals surface area contributed by atoms with Gasteiger partial charge in [-0.1, -0.05) is 30.5 Å². The third-order valence-corrected chi connectivity index (χ3v) is 4.95. The van der Waals surface area contributed by atoms with Gasteiger partial charge in [0.1, 0.15) is 10.5 Å². The number of thiol groups is 1. The molecule has 1 aromatic rings. The monoisotopic (exact) mass is 353 g/mol. The molecule has 0 saturated carbocycles. The van der Waals surface area contributed by atoms with E-state index < -0.39 is 16.5 Å². The van der Waals surface area contributed by atoms with Crippen LogP contribution in [0.3, 0.4) is 0 Å². The molecule has 0 spiro atoms. The van der Waals surface area contributed by atoms with Gasteiger partial charge in [0.2, 0.25) is 0 Å². The minimum atomic E-state index is -0.981. The lowest BCUT2D eigenvalue weighted by Gasteiger charge is -2.17. The van der Waals surface area contributed by atoms with Crippen LogP contribution in [0.2, 0.25) is 0 Å². The molecule has 1 heterocycles. The first-order valence-corrected chi connectivity index (χ1v) is 8.24. The Kier molecular flexibility index (Phi) is 5.54. The van der Waals surface area contributed by atoms with Gasteiger partial charge in [-0.2, -0.15) is 0 Å². The molecule has 0 aromatic heterocycles. The lowest BCUT2D eigenvalue weighted by Crippen LogP contribution is -2.31. The van der Waals surface area contributed by atoms with Gasteiger partial charge in [-0.05, 0) is 30.2 Å². The van der Waals surface area contributed by atoms with Crippen molar-refractivity contribution in [2.75, 3.05) is 6.54 Å². The summed E-state index contributed by atoms with van der Waals surface area (Å²) in [5.74, 6) is -1.69. The summed E-state index contributed by atoms with van der Waals surface area (Å²) in [4.78, 5) is 25.1. The Bertz CT molecular complexity index is 702. The fraction of sp³-hybridized carbons (Fsp3) is 0.250. The zero-order valence-electron chi connectivity index (χ0n) is 12.5. The van der Waals surface area contributed by atoms with Crippen LogP contribution in [0.15, 0.2) is 41.3 Å². The van der Waals surface area contributed by atoms with Gasteiger partial charge >= 0.3 is 5.97 Å². The fourth-order valence-electron chi connectivity index (χ4n) is 2.26. The molecule has 1 unspecified atom stereocenters. The third-order valence-electron chi connectivity index (χ3n) is 3.28. The summed E-state index contributed by atoms with van der Waals surface area (Å²) in [5, 5.41) is 8.78. The van der Waals surface area contributed by atoms with Crippen molar-refractivity contribution < 1.29 is 19.1 Å². The number of rotatable bonds is 5. The Morgan fingerprint density at radius 1 is 1.52 bits per heavy atom. The third kappa shape index (κ3) is 3.97. The van der Waals surface area contributed by atoms with E-state index in [1.165, 1.54) is 28.8 Å². The Morgan fingerprint density at radius 3 is 2.78 bits per heavy atom. The summed E-state index contributed by atoms with van der Waals surface area (Å²) in [5.41, 5.74) is 1.76. The van der Waals surface area contributed by atoms with Gasteiger partial charge in [-0.25, -0.2) is 4.39 Å².